The monoisotopic (exact) mass is 311 g/mol. The van der Waals surface area contributed by atoms with Crippen molar-refractivity contribution < 1.29 is 14.3 Å². The van der Waals surface area contributed by atoms with Crippen molar-refractivity contribution in [3.8, 4) is 11.5 Å². The average molecular weight is 311 g/mol. The number of hydrogen-bond acceptors (Lipinski definition) is 3. The second-order valence-corrected chi connectivity index (χ2v) is 5.80. The molecule has 0 saturated heterocycles. The number of hydrogen-bond donors (Lipinski definition) is 1. The summed E-state index contributed by atoms with van der Waals surface area (Å²) >= 11 is 0. The molecular weight excluding hydrogens is 290 g/mol. The highest BCUT2D eigenvalue weighted by molar-refractivity contribution is 5.95. The summed E-state index contributed by atoms with van der Waals surface area (Å²) in [5, 5.41) is 2.98. The quantitative estimate of drug-likeness (QED) is 0.944. The molecule has 0 aromatic heterocycles. The number of aryl methyl sites for hydroxylation is 2. The lowest BCUT2D eigenvalue weighted by Crippen LogP contribution is -2.26. The zero-order valence-electron chi connectivity index (χ0n) is 13.5. The molecule has 1 heterocycles. The van der Waals surface area contributed by atoms with Crippen LogP contribution in [0.4, 0.5) is 0 Å². The third-order valence-corrected chi connectivity index (χ3v) is 3.93. The van der Waals surface area contributed by atoms with Gasteiger partial charge in [-0.05, 0) is 49.6 Å². The molecule has 2 aromatic rings. The molecule has 0 aliphatic carbocycles. The van der Waals surface area contributed by atoms with Crippen molar-refractivity contribution in [2.24, 2.45) is 0 Å². The van der Waals surface area contributed by atoms with Crippen molar-refractivity contribution in [2.45, 2.75) is 20.3 Å². The lowest BCUT2D eigenvalue weighted by molar-refractivity contribution is 0.0953. The van der Waals surface area contributed by atoms with Gasteiger partial charge in [-0.25, -0.2) is 0 Å². The van der Waals surface area contributed by atoms with Crippen LogP contribution in [-0.4, -0.2) is 25.7 Å². The Morgan fingerprint density at radius 3 is 2.61 bits per heavy atom. The van der Waals surface area contributed by atoms with Gasteiger partial charge >= 0.3 is 0 Å². The Balaban J connectivity index is 1.57. The van der Waals surface area contributed by atoms with Crippen molar-refractivity contribution in [3.63, 3.8) is 0 Å². The van der Waals surface area contributed by atoms with E-state index in [1.165, 1.54) is 0 Å². The number of ether oxygens (including phenoxy) is 2. The van der Waals surface area contributed by atoms with Crippen LogP contribution in [0.5, 0.6) is 11.5 Å². The molecule has 4 heteroatoms. The van der Waals surface area contributed by atoms with E-state index in [-0.39, 0.29) is 5.91 Å². The third kappa shape index (κ3) is 3.65. The normalized spacial score (nSPS) is 12.8. The maximum atomic E-state index is 12.2. The average Bonchev–Trinajstić information content (AvgIpc) is 2.54. The molecule has 0 saturated carbocycles. The number of benzene rings is 2. The van der Waals surface area contributed by atoms with Gasteiger partial charge in [-0.2, -0.15) is 0 Å². The van der Waals surface area contributed by atoms with Crippen LogP contribution in [0.1, 0.15) is 27.0 Å². The minimum Gasteiger partial charge on any atom is -0.486 e. The summed E-state index contributed by atoms with van der Waals surface area (Å²) in [6, 6.07) is 11.8. The standard InChI is InChI=1S/C19H21NO3/c1-13-3-5-16(14(2)11-13)19(21)20-8-7-15-4-6-17-18(12-15)23-10-9-22-17/h3-6,11-12H,7-10H2,1-2H3,(H,20,21). The van der Waals surface area contributed by atoms with Crippen LogP contribution < -0.4 is 14.8 Å². The molecule has 0 fully saturated rings. The fourth-order valence-electron chi connectivity index (χ4n) is 2.73. The second kappa shape index (κ2) is 6.73. The smallest absolute Gasteiger partial charge is 0.251 e. The molecule has 1 N–H and O–H groups in total. The van der Waals surface area contributed by atoms with Crippen LogP contribution >= 0.6 is 0 Å². The van der Waals surface area contributed by atoms with Crippen molar-refractivity contribution in [2.75, 3.05) is 19.8 Å². The fourth-order valence-corrected chi connectivity index (χ4v) is 2.73. The molecule has 0 spiro atoms. The zero-order valence-corrected chi connectivity index (χ0v) is 13.5. The summed E-state index contributed by atoms with van der Waals surface area (Å²) in [5.74, 6) is 1.55. The van der Waals surface area contributed by atoms with Crippen LogP contribution in [0.3, 0.4) is 0 Å². The number of carbonyl (C=O) groups is 1. The van der Waals surface area contributed by atoms with E-state index in [0.29, 0.717) is 19.8 Å². The maximum absolute atomic E-state index is 12.2. The molecule has 0 bridgehead atoms. The summed E-state index contributed by atoms with van der Waals surface area (Å²) in [4.78, 5) is 12.2. The minimum absolute atomic E-state index is 0.0277. The molecule has 1 amide bonds. The highest BCUT2D eigenvalue weighted by atomic mass is 16.6. The number of carbonyl (C=O) groups excluding carboxylic acids is 1. The van der Waals surface area contributed by atoms with Crippen molar-refractivity contribution in [1.82, 2.24) is 5.32 Å². The predicted octanol–water partition coefficient (Wildman–Crippen LogP) is 3.05. The molecule has 1 aliphatic rings. The molecule has 0 unspecified atom stereocenters. The van der Waals surface area contributed by atoms with Gasteiger partial charge in [0.15, 0.2) is 11.5 Å². The Labute approximate surface area is 136 Å². The second-order valence-electron chi connectivity index (χ2n) is 5.80. The predicted molar refractivity (Wildman–Crippen MR) is 89.4 cm³/mol. The van der Waals surface area contributed by atoms with Gasteiger partial charge in [0.1, 0.15) is 13.2 Å². The van der Waals surface area contributed by atoms with Gasteiger partial charge in [0.25, 0.3) is 5.91 Å². The Morgan fingerprint density at radius 2 is 1.83 bits per heavy atom. The van der Waals surface area contributed by atoms with Crippen LogP contribution in [0.2, 0.25) is 0 Å². The molecule has 3 rings (SSSR count). The van der Waals surface area contributed by atoms with E-state index in [0.717, 1.165) is 40.2 Å². The highest BCUT2D eigenvalue weighted by Crippen LogP contribution is 2.30. The van der Waals surface area contributed by atoms with Crippen molar-refractivity contribution in [3.05, 3.63) is 58.7 Å². The van der Waals surface area contributed by atoms with Gasteiger partial charge in [-0.15, -0.1) is 0 Å². The lowest BCUT2D eigenvalue weighted by Gasteiger charge is -2.18. The van der Waals surface area contributed by atoms with E-state index < -0.39 is 0 Å². The Kier molecular flexibility index (Phi) is 4.51. The summed E-state index contributed by atoms with van der Waals surface area (Å²) in [6.07, 6.45) is 0.757. The molecule has 0 atom stereocenters. The van der Waals surface area contributed by atoms with Crippen molar-refractivity contribution >= 4 is 5.91 Å². The van der Waals surface area contributed by atoms with E-state index >= 15 is 0 Å². The SMILES string of the molecule is Cc1ccc(C(=O)NCCc2ccc3c(c2)OCCO3)c(C)c1. The topological polar surface area (TPSA) is 47.6 Å². The van der Waals surface area contributed by atoms with Crippen LogP contribution in [0, 0.1) is 13.8 Å². The van der Waals surface area contributed by atoms with Crippen LogP contribution in [-0.2, 0) is 6.42 Å². The van der Waals surface area contributed by atoms with Crippen LogP contribution in [0.25, 0.3) is 0 Å². The fraction of sp³-hybridized carbons (Fsp3) is 0.316. The zero-order chi connectivity index (χ0) is 16.2. The van der Waals surface area contributed by atoms with Gasteiger partial charge in [-0.3, -0.25) is 4.79 Å². The lowest BCUT2D eigenvalue weighted by atomic mass is 10.1. The molecule has 4 nitrogen and oxygen atoms in total. The van der Waals surface area contributed by atoms with Gasteiger partial charge < -0.3 is 14.8 Å². The van der Waals surface area contributed by atoms with Crippen molar-refractivity contribution in [1.29, 1.82) is 0 Å². The Hall–Kier alpha value is -2.49. The first-order chi connectivity index (χ1) is 11.1. The molecule has 1 aliphatic heterocycles. The van der Waals surface area contributed by atoms with E-state index in [1.54, 1.807) is 0 Å². The van der Waals surface area contributed by atoms with E-state index in [9.17, 15) is 4.79 Å². The summed E-state index contributed by atoms with van der Waals surface area (Å²) in [6.45, 7) is 5.75. The summed E-state index contributed by atoms with van der Waals surface area (Å²) < 4.78 is 11.1. The highest BCUT2D eigenvalue weighted by Gasteiger charge is 2.12. The minimum atomic E-state index is -0.0277. The van der Waals surface area contributed by atoms with Crippen LogP contribution in [0.15, 0.2) is 36.4 Å². The Bertz CT molecular complexity index is 725. The number of amides is 1. The number of nitrogens with one attached hydrogen (secondary N) is 1. The first-order valence-electron chi connectivity index (χ1n) is 7.87. The molecular formula is C19H21NO3. The molecule has 2 aromatic carbocycles. The van der Waals surface area contributed by atoms with E-state index in [4.69, 9.17) is 9.47 Å². The first kappa shape index (κ1) is 15.4. The van der Waals surface area contributed by atoms with E-state index in [1.807, 2.05) is 50.2 Å². The van der Waals surface area contributed by atoms with Gasteiger partial charge in [0.05, 0.1) is 0 Å². The molecule has 23 heavy (non-hydrogen) atoms. The molecule has 0 radical (unpaired) electrons. The third-order valence-electron chi connectivity index (χ3n) is 3.93. The molecule has 120 valence electrons. The number of fused-ring (bicyclic) bond motifs is 1. The van der Waals surface area contributed by atoms with Gasteiger partial charge in [0, 0.05) is 12.1 Å². The number of rotatable bonds is 4. The van der Waals surface area contributed by atoms with Gasteiger partial charge in [-0.1, -0.05) is 23.8 Å². The Morgan fingerprint density at radius 1 is 1.04 bits per heavy atom. The first-order valence-corrected chi connectivity index (χ1v) is 7.87. The maximum Gasteiger partial charge on any atom is 0.251 e. The van der Waals surface area contributed by atoms with E-state index in [2.05, 4.69) is 5.32 Å². The van der Waals surface area contributed by atoms with Gasteiger partial charge in [0.2, 0.25) is 0 Å². The summed E-state index contributed by atoms with van der Waals surface area (Å²) in [7, 11) is 0. The summed E-state index contributed by atoms with van der Waals surface area (Å²) in [5.41, 5.74) is 4.02. The largest absolute Gasteiger partial charge is 0.486 e.